The van der Waals surface area contributed by atoms with Crippen LogP contribution in [0.2, 0.25) is 0 Å². The molecule has 0 fully saturated rings. The number of carbonyl (C=O) groups excluding carboxylic acids is 2. The lowest BCUT2D eigenvalue weighted by atomic mass is 10.0. The van der Waals surface area contributed by atoms with E-state index in [2.05, 4.69) is 27.5 Å². The zero-order valence-corrected chi connectivity index (χ0v) is 14.8. The molecule has 130 valence electrons. The molecule has 0 aliphatic heterocycles. The fourth-order valence-corrected chi connectivity index (χ4v) is 2.58. The van der Waals surface area contributed by atoms with E-state index in [-0.39, 0.29) is 17.7 Å². The molecule has 1 unspecified atom stereocenters. The maximum atomic E-state index is 12.4. The molecule has 2 rings (SSSR count). The van der Waals surface area contributed by atoms with Gasteiger partial charge in [0.2, 0.25) is 11.8 Å². The number of fused-ring (bicyclic) bond motifs is 1. The number of rotatable bonds is 7. The third kappa shape index (κ3) is 4.57. The van der Waals surface area contributed by atoms with Gasteiger partial charge in [-0.25, -0.2) is 4.98 Å². The second-order valence-electron chi connectivity index (χ2n) is 6.43. The Kier molecular flexibility index (Phi) is 5.95. The number of imidazole rings is 1. The molecule has 0 radical (unpaired) electrons. The minimum absolute atomic E-state index is 0.00503. The van der Waals surface area contributed by atoms with Crippen LogP contribution in [0.4, 0.5) is 5.69 Å². The maximum absolute atomic E-state index is 12.4. The van der Waals surface area contributed by atoms with E-state index in [4.69, 9.17) is 0 Å². The van der Waals surface area contributed by atoms with Crippen molar-refractivity contribution in [1.29, 1.82) is 0 Å². The van der Waals surface area contributed by atoms with Gasteiger partial charge in [-0.15, -0.1) is 0 Å². The second-order valence-corrected chi connectivity index (χ2v) is 6.43. The number of aromatic nitrogens is 2. The average molecular weight is 330 g/mol. The van der Waals surface area contributed by atoms with Crippen LogP contribution in [0.25, 0.3) is 11.0 Å². The van der Waals surface area contributed by atoms with Gasteiger partial charge >= 0.3 is 0 Å². The molecular formula is C18H26N4O2. The molecule has 1 heterocycles. The van der Waals surface area contributed by atoms with Crippen molar-refractivity contribution in [2.75, 3.05) is 5.32 Å². The molecule has 1 atom stereocenters. The Morgan fingerprint density at radius 3 is 2.67 bits per heavy atom. The first-order chi connectivity index (χ1) is 11.4. The summed E-state index contributed by atoms with van der Waals surface area (Å²) in [7, 11) is 0. The molecule has 0 saturated carbocycles. The summed E-state index contributed by atoms with van der Waals surface area (Å²) in [4.78, 5) is 31.5. The van der Waals surface area contributed by atoms with Gasteiger partial charge in [0.05, 0.1) is 11.0 Å². The first-order valence-electron chi connectivity index (χ1n) is 8.47. The third-order valence-electron chi connectivity index (χ3n) is 3.87. The highest BCUT2D eigenvalue weighted by Gasteiger charge is 2.23. The summed E-state index contributed by atoms with van der Waals surface area (Å²) in [5.74, 6) is 0.540. The van der Waals surface area contributed by atoms with Crippen molar-refractivity contribution >= 4 is 28.5 Å². The Hall–Kier alpha value is -2.37. The van der Waals surface area contributed by atoms with Gasteiger partial charge in [0.25, 0.3) is 0 Å². The average Bonchev–Trinajstić information content (AvgIpc) is 2.92. The van der Waals surface area contributed by atoms with Crippen molar-refractivity contribution in [3.8, 4) is 0 Å². The number of amides is 2. The van der Waals surface area contributed by atoms with Crippen molar-refractivity contribution in [3.63, 3.8) is 0 Å². The molecule has 0 saturated heterocycles. The summed E-state index contributed by atoms with van der Waals surface area (Å²) in [5, 5.41) is 5.56. The molecule has 0 aliphatic rings. The highest BCUT2D eigenvalue weighted by atomic mass is 16.2. The Labute approximate surface area is 142 Å². The molecule has 1 aromatic heterocycles. The van der Waals surface area contributed by atoms with E-state index in [1.165, 1.54) is 6.92 Å². The zero-order valence-electron chi connectivity index (χ0n) is 14.8. The number of aryl methyl sites for hydroxylation is 1. The van der Waals surface area contributed by atoms with Crippen LogP contribution in [0.15, 0.2) is 18.2 Å². The predicted octanol–water partition coefficient (Wildman–Crippen LogP) is 3.00. The first kappa shape index (κ1) is 18.0. The summed E-state index contributed by atoms with van der Waals surface area (Å²) in [6.45, 7) is 7.37. The van der Waals surface area contributed by atoms with Gasteiger partial charge in [-0.05, 0) is 30.5 Å². The van der Waals surface area contributed by atoms with E-state index in [1.54, 1.807) is 0 Å². The molecule has 1 aromatic carbocycles. The van der Waals surface area contributed by atoms with Gasteiger partial charge in [0.1, 0.15) is 11.9 Å². The van der Waals surface area contributed by atoms with Gasteiger partial charge < -0.3 is 15.6 Å². The lowest BCUT2D eigenvalue weighted by Gasteiger charge is -2.20. The predicted molar refractivity (Wildman–Crippen MR) is 95.8 cm³/mol. The maximum Gasteiger partial charge on any atom is 0.247 e. The van der Waals surface area contributed by atoms with Gasteiger partial charge in [0.15, 0.2) is 0 Å². The van der Waals surface area contributed by atoms with Gasteiger partial charge in [-0.3, -0.25) is 9.59 Å². The summed E-state index contributed by atoms with van der Waals surface area (Å²) in [5.41, 5.74) is 2.48. The quantitative estimate of drug-likeness (QED) is 0.729. The van der Waals surface area contributed by atoms with Gasteiger partial charge in [0, 0.05) is 19.0 Å². The minimum Gasteiger partial charge on any atom is -0.344 e. The van der Waals surface area contributed by atoms with Crippen LogP contribution in [0, 0.1) is 5.92 Å². The van der Waals surface area contributed by atoms with Crippen molar-refractivity contribution < 1.29 is 9.59 Å². The van der Waals surface area contributed by atoms with Crippen LogP contribution in [-0.4, -0.2) is 27.8 Å². The van der Waals surface area contributed by atoms with E-state index in [0.29, 0.717) is 5.69 Å². The molecule has 0 aliphatic carbocycles. The highest BCUT2D eigenvalue weighted by molar-refractivity contribution is 5.98. The Balaban J connectivity index is 2.13. The highest BCUT2D eigenvalue weighted by Crippen LogP contribution is 2.19. The van der Waals surface area contributed by atoms with Crippen molar-refractivity contribution in [2.24, 2.45) is 5.92 Å². The largest absolute Gasteiger partial charge is 0.344 e. The van der Waals surface area contributed by atoms with Gasteiger partial charge in [-0.2, -0.15) is 0 Å². The molecule has 3 N–H and O–H groups in total. The van der Waals surface area contributed by atoms with Gasteiger partial charge in [-0.1, -0.05) is 27.2 Å². The lowest BCUT2D eigenvalue weighted by Crippen LogP contribution is -2.46. The summed E-state index contributed by atoms with van der Waals surface area (Å²) >= 11 is 0. The first-order valence-corrected chi connectivity index (χ1v) is 8.47. The number of aromatic amines is 1. The van der Waals surface area contributed by atoms with E-state index in [1.807, 2.05) is 32.0 Å². The monoisotopic (exact) mass is 330 g/mol. The van der Waals surface area contributed by atoms with Crippen molar-refractivity contribution in [2.45, 2.75) is 53.0 Å². The molecule has 6 heteroatoms. The standard InChI is InChI=1S/C18H26N4O2/c1-5-6-7-16-21-14-9-8-13(10-15(14)22-16)20-18(24)17(11(2)3)19-12(4)23/h8-11,17H,5-7H2,1-4H3,(H,19,23)(H,20,24)(H,21,22). The molecule has 2 aromatic rings. The van der Waals surface area contributed by atoms with Crippen LogP contribution in [-0.2, 0) is 16.0 Å². The summed E-state index contributed by atoms with van der Waals surface area (Å²) in [6, 6.07) is 5.04. The smallest absolute Gasteiger partial charge is 0.247 e. The number of anilines is 1. The number of nitrogens with zero attached hydrogens (tertiary/aromatic N) is 1. The topological polar surface area (TPSA) is 86.9 Å². The summed E-state index contributed by atoms with van der Waals surface area (Å²) < 4.78 is 0. The van der Waals surface area contributed by atoms with E-state index in [0.717, 1.165) is 36.1 Å². The number of hydrogen-bond acceptors (Lipinski definition) is 3. The van der Waals surface area contributed by atoms with E-state index >= 15 is 0 Å². The van der Waals surface area contributed by atoms with Crippen LogP contribution in [0.5, 0.6) is 0 Å². The number of benzene rings is 1. The second kappa shape index (κ2) is 7.95. The molecule has 6 nitrogen and oxygen atoms in total. The molecule has 0 bridgehead atoms. The van der Waals surface area contributed by atoms with Crippen molar-refractivity contribution in [1.82, 2.24) is 15.3 Å². The molecule has 0 spiro atoms. The van der Waals surface area contributed by atoms with Crippen LogP contribution in [0.1, 0.15) is 46.4 Å². The Morgan fingerprint density at radius 2 is 2.04 bits per heavy atom. The number of H-pyrrole nitrogens is 1. The number of unbranched alkanes of at least 4 members (excludes halogenated alkanes) is 1. The third-order valence-corrected chi connectivity index (χ3v) is 3.87. The number of hydrogen-bond donors (Lipinski definition) is 3. The normalized spacial score (nSPS) is 12.4. The SMILES string of the molecule is CCCCc1nc2ccc(NC(=O)C(NC(C)=O)C(C)C)cc2[nH]1. The Bertz CT molecular complexity index is 721. The Morgan fingerprint density at radius 1 is 1.29 bits per heavy atom. The number of nitrogens with one attached hydrogen (secondary N) is 3. The zero-order chi connectivity index (χ0) is 17.7. The fourth-order valence-electron chi connectivity index (χ4n) is 2.58. The molecule has 24 heavy (non-hydrogen) atoms. The van der Waals surface area contributed by atoms with E-state index < -0.39 is 6.04 Å². The summed E-state index contributed by atoms with van der Waals surface area (Å²) in [6.07, 6.45) is 3.14. The molecular weight excluding hydrogens is 304 g/mol. The van der Waals surface area contributed by atoms with Crippen LogP contribution in [0.3, 0.4) is 0 Å². The van der Waals surface area contributed by atoms with Crippen LogP contribution < -0.4 is 10.6 Å². The van der Waals surface area contributed by atoms with Crippen LogP contribution >= 0.6 is 0 Å². The lowest BCUT2D eigenvalue weighted by molar-refractivity contribution is -0.126. The number of carbonyl (C=O) groups is 2. The van der Waals surface area contributed by atoms with E-state index in [9.17, 15) is 9.59 Å². The minimum atomic E-state index is -0.555. The van der Waals surface area contributed by atoms with Crippen molar-refractivity contribution in [3.05, 3.63) is 24.0 Å². The fraction of sp³-hybridized carbons (Fsp3) is 0.500. The molecule has 2 amide bonds.